The molecule has 4 rings (SSSR count). The molecule has 1 amide bonds. The second kappa shape index (κ2) is 7.51. The van der Waals surface area contributed by atoms with E-state index < -0.39 is 0 Å². The second-order valence-electron chi connectivity index (χ2n) is 7.49. The molecular weight excluding hydrogens is 338 g/mol. The number of hydrogen-bond donors (Lipinski definition) is 0. The average molecular weight is 363 g/mol. The molecule has 0 bridgehead atoms. The van der Waals surface area contributed by atoms with E-state index in [4.69, 9.17) is 0 Å². The van der Waals surface area contributed by atoms with Crippen LogP contribution in [0, 0.1) is 5.92 Å². The van der Waals surface area contributed by atoms with Crippen LogP contribution in [0.15, 0.2) is 48.7 Å². The quantitative estimate of drug-likeness (QED) is 0.783. The molecule has 1 aromatic heterocycles. The molecule has 1 aliphatic heterocycles. The first-order valence-corrected chi connectivity index (χ1v) is 9.69. The summed E-state index contributed by atoms with van der Waals surface area (Å²) in [6.45, 7) is 4.74. The first kappa shape index (κ1) is 17.7. The summed E-state index contributed by atoms with van der Waals surface area (Å²) in [4.78, 5) is 33.0. The summed E-state index contributed by atoms with van der Waals surface area (Å²) in [6.07, 6.45) is 3.54. The Morgan fingerprint density at radius 2 is 1.81 bits per heavy atom. The number of nitrogens with zero attached hydrogens (tertiary/aromatic N) is 3. The zero-order chi connectivity index (χ0) is 18.8. The fourth-order valence-corrected chi connectivity index (χ4v) is 3.92. The summed E-state index contributed by atoms with van der Waals surface area (Å²) in [5.74, 6) is 1.73. The summed E-state index contributed by atoms with van der Waals surface area (Å²) in [6, 6.07) is 14.1. The average Bonchev–Trinajstić information content (AvgIpc) is 3.52. The molecule has 5 heteroatoms. The number of benzene rings is 1. The largest absolute Gasteiger partial charge is 0.355 e. The van der Waals surface area contributed by atoms with Gasteiger partial charge < -0.3 is 9.80 Å². The van der Waals surface area contributed by atoms with Crippen molar-refractivity contribution in [3.63, 3.8) is 0 Å². The molecular formula is C22H25N3O2. The van der Waals surface area contributed by atoms with Crippen LogP contribution < -0.4 is 4.90 Å². The molecule has 0 N–H and O–H groups in total. The van der Waals surface area contributed by atoms with E-state index in [2.05, 4.69) is 22.0 Å². The maximum atomic E-state index is 12.9. The number of carbonyl (C=O) groups is 2. The minimum absolute atomic E-state index is 0.0269. The molecule has 0 spiro atoms. The van der Waals surface area contributed by atoms with E-state index in [1.54, 1.807) is 13.1 Å². The number of amides is 1. The van der Waals surface area contributed by atoms with Crippen LogP contribution in [-0.2, 0) is 4.79 Å². The predicted octanol–water partition coefficient (Wildman–Crippen LogP) is 3.13. The Morgan fingerprint density at radius 3 is 2.52 bits per heavy atom. The van der Waals surface area contributed by atoms with E-state index in [9.17, 15) is 9.59 Å². The molecule has 27 heavy (non-hydrogen) atoms. The van der Waals surface area contributed by atoms with Crippen LogP contribution in [0.25, 0.3) is 0 Å². The molecule has 0 radical (unpaired) electrons. The van der Waals surface area contributed by atoms with E-state index in [1.165, 1.54) is 5.56 Å². The fourth-order valence-electron chi connectivity index (χ4n) is 3.92. The van der Waals surface area contributed by atoms with Gasteiger partial charge >= 0.3 is 0 Å². The SMILES string of the molecule is CC(=O)c1ccc(N2CCCN(C(=O)[C@@H]3C[C@H]3c3ccccc3)CC2)nc1. The van der Waals surface area contributed by atoms with Gasteiger partial charge in [-0.25, -0.2) is 4.98 Å². The van der Waals surface area contributed by atoms with Crippen molar-refractivity contribution in [2.45, 2.75) is 25.7 Å². The highest BCUT2D eigenvalue weighted by molar-refractivity contribution is 5.93. The Balaban J connectivity index is 1.36. The Labute approximate surface area is 160 Å². The van der Waals surface area contributed by atoms with Gasteiger partial charge in [0.05, 0.1) is 0 Å². The molecule has 0 unspecified atom stereocenters. The standard InChI is InChI=1S/C22H25N3O2/c1-16(26)18-8-9-21(23-15-18)24-10-5-11-25(13-12-24)22(27)20-14-19(20)17-6-3-2-4-7-17/h2-4,6-9,15,19-20H,5,10-14H2,1H3/t19-,20+/m0/s1. The third-order valence-electron chi connectivity index (χ3n) is 5.62. The number of carbonyl (C=O) groups excluding carboxylic acids is 2. The maximum absolute atomic E-state index is 12.9. The van der Waals surface area contributed by atoms with E-state index in [1.807, 2.05) is 35.2 Å². The number of ketones is 1. The maximum Gasteiger partial charge on any atom is 0.226 e. The van der Waals surface area contributed by atoms with Gasteiger partial charge in [-0.05, 0) is 43.4 Å². The Morgan fingerprint density at radius 1 is 1.00 bits per heavy atom. The van der Waals surface area contributed by atoms with Gasteiger partial charge in [-0.2, -0.15) is 0 Å². The van der Waals surface area contributed by atoms with Gasteiger partial charge in [-0.15, -0.1) is 0 Å². The second-order valence-corrected chi connectivity index (χ2v) is 7.49. The van der Waals surface area contributed by atoms with Crippen LogP contribution in [0.3, 0.4) is 0 Å². The van der Waals surface area contributed by atoms with Crippen LogP contribution in [0.1, 0.15) is 41.6 Å². The lowest BCUT2D eigenvalue weighted by atomic mass is 10.1. The van der Waals surface area contributed by atoms with Crippen molar-refractivity contribution >= 4 is 17.5 Å². The number of anilines is 1. The highest BCUT2D eigenvalue weighted by Gasteiger charge is 2.45. The van der Waals surface area contributed by atoms with Gasteiger partial charge in [0, 0.05) is 43.9 Å². The molecule has 1 saturated carbocycles. The summed E-state index contributed by atoms with van der Waals surface area (Å²) < 4.78 is 0. The number of hydrogen-bond acceptors (Lipinski definition) is 4. The lowest BCUT2D eigenvalue weighted by Crippen LogP contribution is -2.36. The molecule has 1 aromatic carbocycles. The zero-order valence-electron chi connectivity index (χ0n) is 15.7. The predicted molar refractivity (Wildman–Crippen MR) is 105 cm³/mol. The van der Waals surface area contributed by atoms with E-state index >= 15 is 0 Å². The molecule has 2 aliphatic rings. The van der Waals surface area contributed by atoms with Gasteiger partial charge in [-0.3, -0.25) is 9.59 Å². The molecule has 2 aromatic rings. The number of Topliss-reactive ketones (excluding diaryl/α,β-unsaturated/α-hetero) is 1. The molecule has 1 saturated heterocycles. The Kier molecular flexibility index (Phi) is 4.92. The molecule has 2 fully saturated rings. The normalized spacial score (nSPS) is 22.3. The fraction of sp³-hybridized carbons (Fsp3) is 0.409. The molecule has 2 heterocycles. The highest BCUT2D eigenvalue weighted by Crippen LogP contribution is 2.48. The van der Waals surface area contributed by atoms with Crippen LogP contribution in [0.2, 0.25) is 0 Å². The molecule has 2 atom stereocenters. The summed E-state index contributed by atoms with van der Waals surface area (Å²) in [5.41, 5.74) is 1.91. The zero-order valence-corrected chi connectivity index (χ0v) is 15.7. The van der Waals surface area contributed by atoms with Crippen molar-refractivity contribution in [2.75, 3.05) is 31.1 Å². The third kappa shape index (κ3) is 3.87. The van der Waals surface area contributed by atoms with Crippen molar-refractivity contribution in [3.05, 3.63) is 59.8 Å². The number of rotatable bonds is 4. The van der Waals surface area contributed by atoms with Gasteiger partial charge in [0.25, 0.3) is 0 Å². The van der Waals surface area contributed by atoms with E-state index in [0.29, 0.717) is 17.4 Å². The van der Waals surface area contributed by atoms with E-state index in [-0.39, 0.29) is 11.7 Å². The van der Waals surface area contributed by atoms with Crippen molar-refractivity contribution in [1.29, 1.82) is 0 Å². The van der Waals surface area contributed by atoms with Gasteiger partial charge in [0.15, 0.2) is 5.78 Å². The van der Waals surface area contributed by atoms with Crippen LogP contribution in [0.4, 0.5) is 5.82 Å². The number of aromatic nitrogens is 1. The third-order valence-corrected chi connectivity index (χ3v) is 5.62. The lowest BCUT2D eigenvalue weighted by molar-refractivity contribution is -0.132. The monoisotopic (exact) mass is 363 g/mol. The van der Waals surface area contributed by atoms with Crippen molar-refractivity contribution in [3.8, 4) is 0 Å². The minimum atomic E-state index is 0.0269. The molecule has 1 aliphatic carbocycles. The van der Waals surface area contributed by atoms with Gasteiger partial charge in [0.2, 0.25) is 5.91 Å². The summed E-state index contributed by atoms with van der Waals surface area (Å²) in [7, 11) is 0. The smallest absolute Gasteiger partial charge is 0.226 e. The topological polar surface area (TPSA) is 53.5 Å². The number of pyridine rings is 1. The Bertz CT molecular complexity index is 819. The highest BCUT2D eigenvalue weighted by atomic mass is 16.2. The summed E-state index contributed by atoms with van der Waals surface area (Å²) in [5, 5.41) is 0. The van der Waals surface area contributed by atoms with Crippen molar-refractivity contribution in [1.82, 2.24) is 9.88 Å². The molecule has 5 nitrogen and oxygen atoms in total. The summed E-state index contributed by atoms with van der Waals surface area (Å²) >= 11 is 0. The molecule has 140 valence electrons. The van der Waals surface area contributed by atoms with Crippen molar-refractivity contribution < 1.29 is 9.59 Å². The van der Waals surface area contributed by atoms with Crippen molar-refractivity contribution in [2.24, 2.45) is 5.92 Å². The first-order valence-electron chi connectivity index (χ1n) is 9.69. The minimum Gasteiger partial charge on any atom is -0.355 e. The van der Waals surface area contributed by atoms with Gasteiger partial charge in [0.1, 0.15) is 5.82 Å². The Hall–Kier alpha value is -2.69. The van der Waals surface area contributed by atoms with Crippen LogP contribution >= 0.6 is 0 Å². The lowest BCUT2D eigenvalue weighted by Gasteiger charge is -2.23. The van der Waals surface area contributed by atoms with Crippen LogP contribution in [0.5, 0.6) is 0 Å². The van der Waals surface area contributed by atoms with E-state index in [0.717, 1.165) is 44.8 Å². The van der Waals surface area contributed by atoms with Crippen LogP contribution in [-0.4, -0.2) is 47.8 Å². The van der Waals surface area contributed by atoms with Gasteiger partial charge in [-0.1, -0.05) is 30.3 Å². The first-order chi connectivity index (χ1) is 13.1.